The zero-order chi connectivity index (χ0) is 29.5. The van der Waals surface area contributed by atoms with Crippen molar-refractivity contribution >= 4 is 11.6 Å². The van der Waals surface area contributed by atoms with E-state index in [1.807, 2.05) is 10.9 Å². The molecule has 3 aromatic rings. The Morgan fingerprint density at radius 1 is 1.02 bits per heavy atom. The van der Waals surface area contributed by atoms with Gasteiger partial charge in [0.25, 0.3) is 0 Å². The van der Waals surface area contributed by atoms with Crippen LogP contribution in [0.3, 0.4) is 0 Å². The SMILES string of the molecule is COc1ccc(C23CCC(CN(C(=O)C4CCC(N)CC4)c4cccc(-c5cnn(C(C)C)c5)c4)(CC2)CC3)cc1C. The maximum absolute atomic E-state index is 14.3. The lowest BCUT2D eigenvalue weighted by Gasteiger charge is -2.55. The molecule has 4 fully saturated rings. The molecular weight excluding hydrogens is 520 g/mol. The summed E-state index contributed by atoms with van der Waals surface area (Å²) in [5.41, 5.74) is 12.6. The standard InChI is InChI=1S/C36H48N4O2/c1-25(2)40-23-29(22-38-40)28-6-5-7-32(21-28)39(34(41)27-8-11-31(37)12-9-27)24-35-14-17-36(18-15-35,19-16-35)30-10-13-33(42-4)26(3)20-30/h5-7,10,13,20-23,25,27,31H,8-9,11-12,14-19,24,37H2,1-4H3. The van der Waals surface area contributed by atoms with Crippen LogP contribution < -0.4 is 15.4 Å². The van der Waals surface area contributed by atoms with Crippen LogP contribution in [0.1, 0.15) is 95.2 Å². The number of nitrogens with two attached hydrogens (primary N) is 1. The van der Waals surface area contributed by atoms with Gasteiger partial charge < -0.3 is 15.4 Å². The highest BCUT2D eigenvalue weighted by Crippen LogP contribution is 2.58. The number of aryl methyl sites for hydroxylation is 1. The lowest BCUT2D eigenvalue weighted by atomic mass is 9.51. The van der Waals surface area contributed by atoms with Crippen molar-refractivity contribution in [3.63, 3.8) is 0 Å². The minimum absolute atomic E-state index is 0.0575. The van der Waals surface area contributed by atoms with Crippen LogP contribution in [0.2, 0.25) is 0 Å². The van der Waals surface area contributed by atoms with Crippen LogP contribution in [0.5, 0.6) is 5.75 Å². The molecule has 6 heteroatoms. The van der Waals surface area contributed by atoms with Crippen molar-refractivity contribution < 1.29 is 9.53 Å². The van der Waals surface area contributed by atoms with Gasteiger partial charge in [-0.25, -0.2) is 0 Å². The third-order valence-electron chi connectivity index (χ3n) is 10.9. The van der Waals surface area contributed by atoms with Gasteiger partial charge in [0.1, 0.15) is 5.75 Å². The van der Waals surface area contributed by atoms with E-state index in [2.05, 4.69) is 79.4 Å². The summed E-state index contributed by atoms with van der Waals surface area (Å²) in [6.45, 7) is 7.24. The van der Waals surface area contributed by atoms with Gasteiger partial charge in [0, 0.05) is 42.0 Å². The third-order valence-corrected chi connectivity index (χ3v) is 10.9. The molecule has 7 rings (SSSR count). The van der Waals surface area contributed by atoms with Gasteiger partial charge in [-0.2, -0.15) is 5.10 Å². The van der Waals surface area contributed by atoms with E-state index in [0.717, 1.165) is 74.1 Å². The number of anilines is 1. The van der Waals surface area contributed by atoms with Crippen LogP contribution >= 0.6 is 0 Å². The summed E-state index contributed by atoms with van der Waals surface area (Å²) >= 11 is 0. The van der Waals surface area contributed by atoms with Crippen molar-refractivity contribution in [3.8, 4) is 16.9 Å². The molecule has 1 heterocycles. The van der Waals surface area contributed by atoms with E-state index in [0.29, 0.717) is 11.9 Å². The molecule has 4 saturated carbocycles. The largest absolute Gasteiger partial charge is 0.496 e. The monoisotopic (exact) mass is 568 g/mol. The summed E-state index contributed by atoms with van der Waals surface area (Å²) in [7, 11) is 1.75. The second-order valence-corrected chi connectivity index (χ2v) is 13.9. The Hall–Kier alpha value is -3.12. The van der Waals surface area contributed by atoms with Gasteiger partial charge in [-0.3, -0.25) is 9.48 Å². The number of ether oxygens (including phenoxy) is 1. The predicted octanol–water partition coefficient (Wildman–Crippen LogP) is 7.59. The first kappa shape index (κ1) is 29.0. The molecule has 0 unspecified atom stereocenters. The Morgan fingerprint density at radius 2 is 1.74 bits per heavy atom. The Morgan fingerprint density at radius 3 is 2.36 bits per heavy atom. The molecule has 0 atom stereocenters. The van der Waals surface area contributed by atoms with Gasteiger partial charge in [-0.1, -0.05) is 24.3 Å². The van der Waals surface area contributed by atoms with Crippen molar-refractivity contribution in [2.45, 2.75) is 102 Å². The summed E-state index contributed by atoms with van der Waals surface area (Å²) in [4.78, 5) is 16.5. The van der Waals surface area contributed by atoms with Crippen LogP contribution in [-0.4, -0.2) is 35.4 Å². The van der Waals surface area contributed by atoms with Gasteiger partial charge in [0.15, 0.2) is 0 Å². The molecule has 0 saturated heterocycles. The fourth-order valence-corrected chi connectivity index (χ4v) is 7.98. The quantitative estimate of drug-likeness (QED) is 0.304. The summed E-state index contributed by atoms with van der Waals surface area (Å²) in [6.07, 6.45) is 14.8. The first-order chi connectivity index (χ1) is 20.2. The summed E-state index contributed by atoms with van der Waals surface area (Å²) in [6, 6.07) is 15.9. The van der Waals surface area contributed by atoms with Crippen molar-refractivity contribution in [1.82, 2.24) is 9.78 Å². The third kappa shape index (κ3) is 5.50. The lowest BCUT2D eigenvalue weighted by molar-refractivity contribution is -0.124. The van der Waals surface area contributed by atoms with E-state index in [4.69, 9.17) is 10.5 Å². The van der Waals surface area contributed by atoms with Crippen LogP contribution in [0.4, 0.5) is 5.69 Å². The van der Waals surface area contributed by atoms with Crippen molar-refractivity contribution in [2.75, 3.05) is 18.6 Å². The lowest BCUT2D eigenvalue weighted by Crippen LogP contribution is -2.52. The molecule has 4 aliphatic rings. The van der Waals surface area contributed by atoms with Gasteiger partial charge in [-0.15, -0.1) is 0 Å². The smallest absolute Gasteiger partial charge is 0.230 e. The average molecular weight is 569 g/mol. The molecule has 6 nitrogen and oxygen atoms in total. The number of amides is 1. The molecule has 1 aromatic heterocycles. The molecule has 224 valence electrons. The molecule has 2 aromatic carbocycles. The molecule has 1 amide bonds. The molecule has 2 bridgehead atoms. The maximum Gasteiger partial charge on any atom is 0.230 e. The van der Waals surface area contributed by atoms with Gasteiger partial charge in [-0.05, 0) is 131 Å². The maximum atomic E-state index is 14.3. The molecular formula is C36H48N4O2. The summed E-state index contributed by atoms with van der Waals surface area (Å²) in [5, 5.41) is 4.57. The normalized spacial score (nSPS) is 27.3. The highest BCUT2D eigenvalue weighted by molar-refractivity contribution is 5.96. The number of nitrogens with zero attached hydrogens (tertiary/aromatic N) is 3. The van der Waals surface area contributed by atoms with Crippen molar-refractivity contribution in [3.05, 3.63) is 66.0 Å². The molecule has 42 heavy (non-hydrogen) atoms. The van der Waals surface area contributed by atoms with Crippen LogP contribution in [0, 0.1) is 18.3 Å². The second-order valence-electron chi connectivity index (χ2n) is 13.9. The van der Waals surface area contributed by atoms with E-state index in [-0.39, 0.29) is 22.8 Å². The fourth-order valence-electron chi connectivity index (χ4n) is 7.98. The number of carbonyl (C=O) groups excluding carboxylic acids is 1. The Labute approximate surface area is 251 Å². The number of carbonyl (C=O) groups is 1. The Bertz CT molecular complexity index is 1390. The molecule has 0 radical (unpaired) electrons. The Kier molecular flexibility index (Phi) is 7.95. The van der Waals surface area contributed by atoms with Crippen molar-refractivity contribution in [2.24, 2.45) is 17.1 Å². The highest BCUT2D eigenvalue weighted by Gasteiger charge is 2.50. The minimum Gasteiger partial charge on any atom is -0.496 e. The van der Waals surface area contributed by atoms with E-state index in [1.54, 1.807) is 7.11 Å². The van der Waals surface area contributed by atoms with E-state index in [1.165, 1.54) is 30.4 Å². The number of hydrogen-bond acceptors (Lipinski definition) is 4. The van der Waals surface area contributed by atoms with Gasteiger partial charge in [0.2, 0.25) is 5.91 Å². The average Bonchev–Trinajstić information content (AvgIpc) is 3.52. The molecule has 4 aliphatic carbocycles. The van der Waals surface area contributed by atoms with Crippen molar-refractivity contribution in [1.29, 1.82) is 0 Å². The van der Waals surface area contributed by atoms with Crippen LogP contribution in [0.15, 0.2) is 54.9 Å². The number of aromatic nitrogens is 2. The second kappa shape index (κ2) is 11.5. The number of benzene rings is 2. The highest BCUT2D eigenvalue weighted by atomic mass is 16.5. The number of hydrogen-bond donors (Lipinski definition) is 1. The molecule has 0 spiro atoms. The van der Waals surface area contributed by atoms with E-state index in [9.17, 15) is 4.79 Å². The van der Waals surface area contributed by atoms with Gasteiger partial charge >= 0.3 is 0 Å². The summed E-state index contributed by atoms with van der Waals surface area (Å²) < 4.78 is 7.54. The Balaban J connectivity index is 1.27. The zero-order valence-corrected chi connectivity index (χ0v) is 25.9. The van der Waals surface area contributed by atoms with Crippen LogP contribution in [-0.2, 0) is 10.2 Å². The minimum atomic E-state index is 0.0575. The first-order valence-electron chi connectivity index (χ1n) is 16.1. The van der Waals surface area contributed by atoms with E-state index >= 15 is 0 Å². The van der Waals surface area contributed by atoms with Gasteiger partial charge in [0.05, 0.1) is 13.3 Å². The topological polar surface area (TPSA) is 73.4 Å². The number of fused-ring (bicyclic) bond motifs is 3. The number of methoxy groups -OCH3 is 1. The number of rotatable bonds is 8. The first-order valence-corrected chi connectivity index (χ1v) is 16.1. The molecule has 0 aliphatic heterocycles. The van der Waals surface area contributed by atoms with E-state index < -0.39 is 0 Å². The predicted molar refractivity (Wildman–Crippen MR) is 170 cm³/mol. The zero-order valence-electron chi connectivity index (χ0n) is 25.9. The fraction of sp³-hybridized carbons (Fsp3) is 0.556. The summed E-state index contributed by atoms with van der Waals surface area (Å²) in [5.74, 6) is 1.31. The molecule has 2 N–H and O–H groups in total. The van der Waals surface area contributed by atoms with Crippen LogP contribution in [0.25, 0.3) is 11.1 Å².